The number of hydrogen-bond acceptors (Lipinski definition) is 4. The molecule has 110 valence electrons. The number of likely N-dealkylation sites (N-methyl/N-ethyl adjacent to an activating group) is 1. The summed E-state index contributed by atoms with van der Waals surface area (Å²) in [5.74, 6) is 0.360. The second-order valence-corrected chi connectivity index (χ2v) is 5.47. The first kappa shape index (κ1) is 14.7. The Morgan fingerprint density at radius 2 is 1.90 bits per heavy atom. The van der Waals surface area contributed by atoms with Gasteiger partial charge in [-0.25, -0.2) is 0 Å². The number of amides is 1. The van der Waals surface area contributed by atoms with Crippen LogP contribution in [0.25, 0.3) is 0 Å². The predicted octanol–water partition coefficient (Wildman–Crippen LogP) is 1.17. The highest BCUT2D eigenvalue weighted by molar-refractivity contribution is 5.85. The van der Waals surface area contributed by atoms with Gasteiger partial charge in [0.15, 0.2) is 0 Å². The first-order chi connectivity index (χ1) is 9.49. The van der Waals surface area contributed by atoms with E-state index in [1.54, 1.807) is 12.1 Å². The molecule has 1 atom stereocenters. The number of anilines is 1. The van der Waals surface area contributed by atoms with Crippen molar-refractivity contribution in [3.63, 3.8) is 0 Å². The lowest BCUT2D eigenvalue weighted by Gasteiger charge is -2.35. The van der Waals surface area contributed by atoms with Gasteiger partial charge in [0.2, 0.25) is 5.91 Å². The molecule has 2 rings (SSSR count). The third-order valence-electron chi connectivity index (χ3n) is 4.05. The van der Waals surface area contributed by atoms with E-state index in [-0.39, 0.29) is 23.7 Å². The molecule has 3 N–H and O–H groups in total. The first-order valence-corrected chi connectivity index (χ1v) is 7.05. The molecule has 1 fully saturated rings. The molecular weight excluding hydrogens is 254 g/mol. The summed E-state index contributed by atoms with van der Waals surface area (Å²) in [5, 5.41) is 9.31. The quantitative estimate of drug-likeness (QED) is 0.870. The lowest BCUT2D eigenvalue weighted by Crippen LogP contribution is -2.50. The largest absolute Gasteiger partial charge is 0.508 e. The molecule has 0 saturated carbocycles. The molecule has 1 unspecified atom stereocenters. The van der Waals surface area contributed by atoms with Crippen molar-refractivity contribution in [2.75, 3.05) is 25.0 Å². The zero-order valence-corrected chi connectivity index (χ0v) is 12.1. The Kier molecular flexibility index (Phi) is 4.49. The Hall–Kier alpha value is -1.75. The minimum atomic E-state index is -0.228. The van der Waals surface area contributed by atoms with Crippen LogP contribution in [0.5, 0.6) is 5.75 Å². The number of nitrogens with zero attached hydrogens (tertiary/aromatic N) is 2. The van der Waals surface area contributed by atoms with Gasteiger partial charge in [-0.3, -0.25) is 4.79 Å². The highest BCUT2D eigenvalue weighted by atomic mass is 16.3. The van der Waals surface area contributed by atoms with Crippen LogP contribution in [-0.4, -0.2) is 48.1 Å². The zero-order valence-electron chi connectivity index (χ0n) is 12.1. The second-order valence-electron chi connectivity index (χ2n) is 5.47. The van der Waals surface area contributed by atoms with E-state index in [1.807, 2.05) is 35.9 Å². The SMILES string of the molecule is CC(C(=O)N1CCC(N)CC1)N(C)c1ccc(O)cc1. The fourth-order valence-corrected chi connectivity index (χ4v) is 2.46. The van der Waals surface area contributed by atoms with Crippen molar-refractivity contribution < 1.29 is 9.90 Å². The van der Waals surface area contributed by atoms with E-state index >= 15 is 0 Å². The van der Waals surface area contributed by atoms with Gasteiger partial charge in [-0.1, -0.05) is 0 Å². The fraction of sp³-hybridized carbons (Fsp3) is 0.533. The van der Waals surface area contributed by atoms with Crippen molar-refractivity contribution in [1.82, 2.24) is 4.90 Å². The van der Waals surface area contributed by atoms with Crippen LogP contribution < -0.4 is 10.6 Å². The van der Waals surface area contributed by atoms with Gasteiger partial charge in [-0.05, 0) is 44.0 Å². The Labute approximate surface area is 120 Å². The van der Waals surface area contributed by atoms with Crippen molar-refractivity contribution in [3.8, 4) is 5.75 Å². The lowest BCUT2D eigenvalue weighted by atomic mass is 10.1. The normalized spacial score (nSPS) is 17.9. The van der Waals surface area contributed by atoms with E-state index in [1.165, 1.54) is 0 Å². The van der Waals surface area contributed by atoms with E-state index < -0.39 is 0 Å². The third kappa shape index (κ3) is 3.22. The maximum Gasteiger partial charge on any atom is 0.244 e. The maximum atomic E-state index is 12.5. The summed E-state index contributed by atoms with van der Waals surface area (Å²) in [6.45, 7) is 3.39. The van der Waals surface area contributed by atoms with Crippen molar-refractivity contribution in [2.45, 2.75) is 31.8 Å². The zero-order chi connectivity index (χ0) is 14.7. The van der Waals surface area contributed by atoms with Gasteiger partial charge < -0.3 is 20.6 Å². The van der Waals surface area contributed by atoms with Gasteiger partial charge in [0, 0.05) is 31.9 Å². The van der Waals surface area contributed by atoms with Crippen LogP contribution >= 0.6 is 0 Å². The molecule has 0 radical (unpaired) electrons. The van der Waals surface area contributed by atoms with E-state index in [0.717, 1.165) is 31.6 Å². The monoisotopic (exact) mass is 277 g/mol. The summed E-state index contributed by atoms with van der Waals surface area (Å²) >= 11 is 0. The molecule has 1 aromatic carbocycles. The summed E-state index contributed by atoms with van der Waals surface area (Å²) in [6.07, 6.45) is 1.75. The number of carbonyl (C=O) groups is 1. The molecule has 1 saturated heterocycles. The Morgan fingerprint density at radius 1 is 1.35 bits per heavy atom. The summed E-state index contributed by atoms with van der Waals surface area (Å²) < 4.78 is 0. The summed E-state index contributed by atoms with van der Waals surface area (Å²) in [6, 6.07) is 6.88. The summed E-state index contributed by atoms with van der Waals surface area (Å²) in [7, 11) is 1.89. The molecule has 0 aromatic heterocycles. The van der Waals surface area contributed by atoms with Crippen molar-refractivity contribution in [1.29, 1.82) is 0 Å². The van der Waals surface area contributed by atoms with Crippen molar-refractivity contribution in [2.24, 2.45) is 5.73 Å². The molecule has 1 aliphatic heterocycles. The van der Waals surface area contributed by atoms with Crippen LogP contribution in [0, 0.1) is 0 Å². The van der Waals surface area contributed by atoms with E-state index in [2.05, 4.69) is 0 Å². The third-order valence-corrected chi connectivity index (χ3v) is 4.05. The molecule has 20 heavy (non-hydrogen) atoms. The summed E-state index contributed by atoms with van der Waals surface area (Å²) in [5.41, 5.74) is 6.78. The number of carbonyl (C=O) groups excluding carboxylic acids is 1. The van der Waals surface area contributed by atoms with Crippen LogP contribution in [0.15, 0.2) is 24.3 Å². The maximum absolute atomic E-state index is 12.5. The van der Waals surface area contributed by atoms with Crippen LogP contribution in [0.2, 0.25) is 0 Å². The minimum absolute atomic E-state index is 0.132. The van der Waals surface area contributed by atoms with Crippen molar-refractivity contribution in [3.05, 3.63) is 24.3 Å². The van der Waals surface area contributed by atoms with E-state index in [9.17, 15) is 9.90 Å². The van der Waals surface area contributed by atoms with Gasteiger partial charge in [0.25, 0.3) is 0 Å². The summed E-state index contributed by atoms with van der Waals surface area (Å²) in [4.78, 5) is 16.3. The van der Waals surface area contributed by atoms with Crippen LogP contribution in [0.1, 0.15) is 19.8 Å². The minimum Gasteiger partial charge on any atom is -0.508 e. The van der Waals surface area contributed by atoms with Crippen LogP contribution in [0.3, 0.4) is 0 Å². The van der Waals surface area contributed by atoms with Gasteiger partial charge in [-0.2, -0.15) is 0 Å². The molecule has 5 heteroatoms. The number of phenols is 1. The van der Waals surface area contributed by atoms with Gasteiger partial charge in [-0.15, -0.1) is 0 Å². The standard InChI is InChI=1S/C15H23N3O2/c1-11(15(20)18-9-7-12(16)8-10-18)17(2)13-3-5-14(19)6-4-13/h3-6,11-12,19H,7-10,16H2,1-2H3. The fourth-order valence-electron chi connectivity index (χ4n) is 2.46. The molecule has 1 amide bonds. The Balaban J connectivity index is 2.00. The van der Waals surface area contributed by atoms with Crippen molar-refractivity contribution >= 4 is 11.6 Å². The molecule has 0 aliphatic carbocycles. The Bertz CT molecular complexity index is 453. The number of phenolic OH excluding ortho intramolecular Hbond substituents is 1. The predicted molar refractivity (Wildman–Crippen MR) is 79.8 cm³/mol. The highest BCUT2D eigenvalue weighted by Gasteiger charge is 2.27. The number of nitrogens with two attached hydrogens (primary N) is 1. The molecule has 1 aromatic rings. The lowest BCUT2D eigenvalue weighted by molar-refractivity contribution is -0.133. The number of benzene rings is 1. The topological polar surface area (TPSA) is 69.8 Å². The van der Waals surface area contributed by atoms with Gasteiger partial charge >= 0.3 is 0 Å². The molecular formula is C15H23N3O2. The van der Waals surface area contributed by atoms with Crippen LogP contribution in [-0.2, 0) is 4.79 Å². The molecule has 0 bridgehead atoms. The molecule has 1 aliphatic rings. The number of hydrogen-bond donors (Lipinski definition) is 2. The molecule has 1 heterocycles. The smallest absolute Gasteiger partial charge is 0.244 e. The molecule has 0 spiro atoms. The van der Waals surface area contributed by atoms with E-state index in [0.29, 0.717) is 0 Å². The van der Waals surface area contributed by atoms with Gasteiger partial charge in [0.1, 0.15) is 11.8 Å². The average Bonchev–Trinajstić information content (AvgIpc) is 2.46. The number of aromatic hydroxyl groups is 1. The number of rotatable bonds is 3. The first-order valence-electron chi connectivity index (χ1n) is 7.05. The molecule has 5 nitrogen and oxygen atoms in total. The van der Waals surface area contributed by atoms with Crippen LogP contribution in [0.4, 0.5) is 5.69 Å². The Morgan fingerprint density at radius 3 is 2.45 bits per heavy atom. The van der Waals surface area contributed by atoms with Gasteiger partial charge in [0.05, 0.1) is 0 Å². The van der Waals surface area contributed by atoms with E-state index in [4.69, 9.17) is 5.73 Å². The number of likely N-dealkylation sites (tertiary alicyclic amines) is 1. The number of piperidine rings is 1. The second kappa shape index (κ2) is 6.13. The highest BCUT2D eigenvalue weighted by Crippen LogP contribution is 2.20. The average molecular weight is 277 g/mol.